The Morgan fingerprint density at radius 1 is 1.04 bits per heavy atom. The summed E-state index contributed by atoms with van der Waals surface area (Å²) in [6.45, 7) is 7.74. The van der Waals surface area contributed by atoms with Crippen LogP contribution in [0.1, 0.15) is 58.0 Å². The summed E-state index contributed by atoms with van der Waals surface area (Å²) in [6.07, 6.45) is 1.32. The van der Waals surface area contributed by atoms with Crippen molar-refractivity contribution in [1.82, 2.24) is 4.90 Å². The van der Waals surface area contributed by atoms with Crippen LogP contribution in [0.5, 0.6) is 0 Å². The van der Waals surface area contributed by atoms with Gasteiger partial charge in [0.2, 0.25) is 5.91 Å². The summed E-state index contributed by atoms with van der Waals surface area (Å²) >= 11 is 0. The van der Waals surface area contributed by atoms with E-state index in [4.69, 9.17) is 4.74 Å². The van der Waals surface area contributed by atoms with E-state index < -0.39 is 0 Å². The van der Waals surface area contributed by atoms with Gasteiger partial charge >= 0.3 is 0 Å². The lowest BCUT2D eigenvalue weighted by Crippen LogP contribution is -2.42. The van der Waals surface area contributed by atoms with E-state index in [9.17, 15) is 9.59 Å². The van der Waals surface area contributed by atoms with Crippen LogP contribution in [0.4, 0.5) is 0 Å². The summed E-state index contributed by atoms with van der Waals surface area (Å²) in [7, 11) is 0. The van der Waals surface area contributed by atoms with Crippen LogP contribution in [0.2, 0.25) is 0 Å². The summed E-state index contributed by atoms with van der Waals surface area (Å²) in [5.41, 5.74) is 5.12. The largest absolute Gasteiger partial charge is 0.370 e. The maximum absolute atomic E-state index is 12.6. The second-order valence-electron chi connectivity index (χ2n) is 7.66. The zero-order valence-corrected chi connectivity index (χ0v) is 17.0. The summed E-state index contributed by atoms with van der Waals surface area (Å²) in [4.78, 5) is 27.1. The van der Waals surface area contributed by atoms with Gasteiger partial charge in [0.25, 0.3) is 0 Å². The maximum Gasteiger partial charge on any atom is 0.222 e. The third-order valence-corrected chi connectivity index (χ3v) is 5.34. The molecule has 1 saturated heterocycles. The second-order valence-corrected chi connectivity index (χ2v) is 7.66. The Kier molecular flexibility index (Phi) is 6.63. The number of hydrogen-bond donors (Lipinski definition) is 0. The van der Waals surface area contributed by atoms with Gasteiger partial charge < -0.3 is 9.64 Å². The first-order valence-corrected chi connectivity index (χ1v) is 10.0. The van der Waals surface area contributed by atoms with Gasteiger partial charge in [-0.05, 0) is 43.9 Å². The average Bonchev–Trinajstić information content (AvgIpc) is 2.68. The van der Waals surface area contributed by atoms with Crippen molar-refractivity contribution >= 4 is 11.7 Å². The molecule has 1 fully saturated rings. The van der Waals surface area contributed by atoms with Gasteiger partial charge in [-0.15, -0.1) is 0 Å². The standard InChI is InChI=1S/C24H29NO3/c1-17-14-18(2)24(19(3)15-17)21(26)10-7-11-23(27)25-12-13-28-22(16-25)20-8-5-4-6-9-20/h4-6,8-9,14-15,22H,7,10-13,16H2,1-3H3/t22-/m0/s1. The van der Waals surface area contributed by atoms with E-state index in [-0.39, 0.29) is 17.8 Å². The van der Waals surface area contributed by atoms with Crippen LogP contribution >= 0.6 is 0 Å². The molecule has 28 heavy (non-hydrogen) atoms. The van der Waals surface area contributed by atoms with Gasteiger partial charge in [-0.1, -0.05) is 48.0 Å². The Morgan fingerprint density at radius 2 is 1.71 bits per heavy atom. The summed E-state index contributed by atoms with van der Waals surface area (Å²) in [5.74, 6) is 0.237. The number of carbonyl (C=O) groups is 2. The highest BCUT2D eigenvalue weighted by molar-refractivity contribution is 5.99. The fourth-order valence-electron chi connectivity index (χ4n) is 4.05. The molecular weight excluding hydrogens is 350 g/mol. The minimum absolute atomic E-state index is 0.0709. The van der Waals surface area contributed by atoms with Crippen molar-refractivity contribution in [1.29, 1.82) is 0 Å². The van der Waals surface area contributed by atoms with E-state index in [0.717, 1.165) is 22.3 Å². The molecular formula is C24H29NO3. The lowest BCUT2D eigenvalue weighted by atomic mass is 9.94. The Hall–Kier alpha value is -2.46. The minimum Gasteiger partial charge on any atom is -0.370 e. The molecule has 2 aromatic rings. The lowest BCUT2D eigenvalue weighted by molar-refractivity contribution is -0.139. The predicted octanol–water partition coefficient (Wildman–Crippen LogP) is 4.56. The number of benzene rings is 2. The molecule has 3 rings (SSSR count). The van der Waals surface area contributed by atoms with Crippen molar-refractivity contribution in [2.24, 2.45) is 0 Å². The van der Waals surface area contributed by atoms with Gasteiger partial charge in [0, 0.05) is 24.9 Å². The molecule has 0 aromatic heterocycles. The molecule has 148 valence electrons. The molecule has 0 bridgehead atoms. The number of rotatable bonds is 6. The van der Waals surface area contributed by atoms with Gasteiger partial charge in [0.1, 0.15) is 6.10 Å². The normalized spacial score (nSPS) is 16.8. The van der Waals surface area contributed by atoms with E-state index in [1.54, 1.807) is 0 Å². The van der Waals surface area contributed by atoms with Gasteiger partial charge in [0.15, 0.2) is 5.78 Å². The lowest BCUT2D eigenvalue weighted by Gasteiger charge is -2.33. The molecule has 2 aromatic carbocycles. The highest BCUT2D eigenvalue weighted by atomic mass is 16.5. The number of Topliss-reactive ketones (excluding diaryl/α,β-unsaturated/α-hetero) is 1. The van der Waals surface area contributed by atoms with Crippen molar-refractivity contribution < 1.29 is 14.3 Å². The molecule has 0 spiro atoms. The van der Waals surface area contributed by atoms with E-state index >= 15 is 0 Å². The van der Waals surface area contributed by atoms with Crippen molar-refractivity contribution in [3.8, 4) is 0 Å². The van der Waals surface area contributed by atoms with E-state index in [2.05, 4.69) is 0 Å². The van der Waals surface area contributed by atoms with E-state index in [0.29, 0.717) is 39.0 Å². The first kappa shape index (κ1) is 20.3. The molecule has 1 heterocycles. The molecule has 4 heteroatoms. The zero-order chi connectivity index (χ0) is 20.1. The first-order valence-electron chi connectivity index (χ1n) is 10.0. The molecule has 0 unspecified atom stereocenters. The van der Waals surface area contributed by atoms with Gasteiger partial charge in [0.05, 0.1) is 13.2 Å². The first-order chi connectivity index (χ1) is 13.5. The Balaban J connectivity index is 1.52. The van der Waals surface area contributed by atoms with Crippen molar-refractivity contribution in [2.75, 3.05) is 19.7 Å². The number of aryl methyl sites for hydroxylation is 3. The third kappa shape index (κ3) is 4.87. The third-order valence-electron chi connectivity index (χ3n) is 5.34. The Labute approximate surface area is 167 Å². The molecule has 0 N–H and O–H groups in total. The van der Waals surface area contributed by atoms with Crippen LogP contribution in [0.25, 0.3) is 0 Å². The number of amides is 1. The summed E-state index contributed by atoms with van der Waals surface area (Å²) in [6, 6.07) is 14.1. The Bertz CT molecular complexity index is 821. The molecule has 0 saturated carbocycles. The van der Waals surface area contributed by atoms with Crippen molar-refractivity contribution in [2.45, 2.75) is 46.1 Å². The van der Waals surface area contributed by atoms with Crippen LogP contribution in [-0.2, 0) is 9.53 Å². The summed E-state index contributed by atoms with van der Waals surface area (Å²) in [5, 5.41) is 0. The van der Waals surface area contributed by atoms with Crippen LogP contribution in [0.3, 0.4) is 0 Å². The summed E-state index contributed by atoms with van der Waals surface area (Å²) < 4.78 is 5.83. The maximum atomic E-state index is 12.6. The molecule has 1 aliphatic heterocycles. The van der Waals surface area contributed by atoms with Crippen LogP contribution in [0.15, 0.2) is 42.5 Å². The van der Waals surface area contributed by atoms with E-state index in [1.165, 1.54) is 5.56 Å². The zero-order valence-electron chi connectivity index (χ0n) is 17.0. The number of carbonyl (C=O) groups excluding carboxylic acids is 2. The highest BCUT2D eigenvalue weighted by Crippen LogP contribution is 2.23. The molecule has 0 aliphatic carbocycles. The number of ether oxygens (including phenoxy) is 1. The SMILES string of the molecule is Cc1cc(C)c(C(=O)CCCC(=O)N2CCO[C@H](c3ccccc3)C2)c(C)c1. The number of hydrogen-bond acceptors (Lipinski definition) is 3. The van der Waals surface area contributed by atoms with Crippen molar-refractivity contribution in [3.05, 3.63) is 70.3 Å². The molecule has 1 atom stereocenters. The molecule has 0 radical (unpaired) electrons. The minimum atomic E-state index is -0.0709. The molecule has 1 aliphatic rings. The van der Waals surface area contributed by atoms with Crippen LogP contribution in [-0.4, -0.2) is 36.3 Å². The average molecular weight is 380 g/mol. The number of morpholine rings is 1. The fraction of sp³-hybridized carbons (Fsp3) is 0.417. The smallest absolute Gasteiger partial charge is 0.222 e. The molecule has 1 amide bonds. The monoisotopic (exact) mass is 379 g/mol. The van der Waals surface area contributed by atoms with Gasteiger partial charge in [-0.2, -0.15) is 0 Å². The van der Waals surface area contributed by atoms with Gasteiger partial charge in [-0.25, -0.2) is 0 Å². The topological polar surface area (TPSA) is 46.6 Å². The van der Waals surface area contributed by atoms with Crippen LogP contribution < -0.4 is 0 Å². The van der Waals surface area contributed by atoms with Crippen molar-refractivity contribution in [3.63, 3.8) is 0 Å². The quantitative estimate of drug-likeness (QED) is 0.691. The van der Waals surface area contributed by atoms with Gasteiger partial charge in [-0.3, -0.25) is 9.59 Å². The Morgan fingerprint density at radius 3 is 2.39 bits per heavy atom. The van der Waals surface area contributed by atoms with E-state index in [1.807, 2.05) is 68.1 Å². The fourth-order valence-corrected chi connectivity index (χ4v) is 4.05. The van der Waals surface area contributed by atoms with Crippen LogP contribution in [0, 0.1) is 20.8 Å². The predicted molar refractivity (Wildman–Crippen MR) is 111 cm³/mol. The highest BCUT2D eigenvalue weighted by Gasteiger charge is 2.25. The number of ketones is 1. The molecule has 4 nitrogen and oxygen atoms in total. The number of nitrogens with zero attached hydrogens (tertiary/aromatic N) is 1. The second kappa shape index (κ2) is 9.16.